The molecule has 6 N–H and O–H groups in total. The molecule has 0 aromatic carbocycles. The Hall–Kier alpha value is -2.93. The Morgan fingerprint density at radius 1 is 1.11 bits per heavy atom. The van der Waals surface area contributed by atoms with Gasteiger partial charge in [0.25, 0.3) is 0 Å². The Bertz CT molecular complexity index is 882. The highest BCUT2D eigenvalue weighted by Gasteiger charge is 2.25. The molecule has 0 spiro atoms. The second kappa shape index (κ2) is 8.39. The van der Waals surface area contributed by atoms with Gasteiger partial charge in [-0.1, -0.05) is 0 Å². The molecule has 0 bridgehead atoms. The van der Waals surface area contributed by atoms with Crippen LogP contribution in [0, 0.1) is 10.8 Å². The molecule has 148 valence electrons. The molecular weight excluding hydrogens is 357 g/mol. The summed E-state index contributed by atoms with van der Waals surface area (Å²) in [4.78, 5) is 0. The third kappa shape index (κ3) is 3.99. The Kier molecular flexibility index (Phi) is 5.94. The molecule has 0 unspecified atom stereocenters. The molecule has 1 fully saturated rings. The third-order valence-corrected chi connectivity index (χ3v) is 5.12. The SMILES string of the molecule is CN/C=C1/C=C(C2=C/C(=C/NC3CCNCC3)C(=N)C(F)=C2)C(O)=C(C)C1=N. The molecule has 28 heavy (non-hydrogen) atoms. The Morgan fingerprint density at radius 2 is 1.79 bits per heavy atom. The van der Waals surface area contributed by atoms with Crippen LogP contribution < -0.4 is 16.0 Å². The third-order valence-electron chi connectivity index (χ3n) is 5.12. The molecule has 2 aliphatic carbocycles. The van der Waals surface area contributed by atoms with Gasteiger partial charge in [-0.05, 0) is 56.7 Å². The lowest BCUT2D eigenvalue weighted by atomic mass is 9.86. The van der Waals surface area contributed by atoms with Crippen LogP contribution >= 0.6 is 0 Å². The van der Waals surface area contributed by atoms with Gasteiger partial charge in [0.2, 0.25) is 0 Å². The van der Waals surface area contributed by atoms with E-state index in [4.69, 9.17) is 10.8 Å². The van der Waals surface area contributed by atoms with E-state index in [0.717, 1.165) is 25.9 Å². The van der Waals surface area contributed by atoms with Crippen LogP contribution in [-0.4, -0.2) is 42.7 Å². The number of nitrogens with one attached hydrogen (secondary N) is 5. The molecule has 0 aromatic rings. The minimum absolute atomic E-state index is 0.0485. The summed E-state index contributed by atoms with van der Waals surface area (Å²) in [5.74, 6) is -0.699. The zero-order valence-electron chi connectivity index (χ0n) is 16.1. The summed E-state index contributed by atoms with van der Waals surface area (Å²) in [6.07, 6.45) is 9.91. The van der Waals surface area contributed by atoms with Gasteiger partial charge < -0.3 is 21.1 Å². The van der Waals surface area contributed by atoms with Crippen molar-refractivity contribution in [3.63, 3.8) is 0 Å². The van der Waals surface area contributed by atoms with Crippen molar-refractivity contribution in [1.82, 2.24) is 16.0 Å². The minimum Gasteiger partial charge on any atom is -0.507 e. The molecule has 1 heterocycles. The lowest BCUT2D eigenvalue weighted by Gasteiger charge is -2.24. The first-order chi connectivity index (χ1) is 13.4. The van der Waals surface area contributed by atoms with Crippen LogP contribution in [0.5, 0.6) is 0 Å². The van der Waals surface area contributed by atoms with Crippen molar-refractivity contribution >= 4 is 11.4 Å². The smallest absolute Gasteiger partial charge is 0.149 e. The lowest BCUT2D eigenvalue weighted by Crippen LogP contribution is -2.38. The van der Waals surface area contributed by atoms with Gasteiger partial charge in [0.05, 0.1) is 11.4 Å². The van der Waals surface area contributed by atoms with E-state index < -0.39 is 5.83 Å². The highest BCUT2D eigenvalue weighted by molar-refractivity contribution is 6.15. The predicted octanol–water partition coefficient (Wildman–Crippen LogP) is 2.92. The van der Waals surface area contributed by atoms with Crippen LogP contribution in [0.2, 0.25) is 0 Å². The van der Waals surface area contributed by atoms with E-state index in [1.54, 1.807) is 38.5 Å². The fraction of sp³-hybridized carbons (Fsp3) is 0.333. The van der Waals surface area contributed by atoms with Crippen molar-refractivity contribution in [2.75, 3.05) is 20.1 Å². The molecule has 7 heteroatoms. The molecule has 3 rings (SSSR count). The van der Waals surface area contributed by atoms with Gasteiger partial charge in [-0.2, -0.15) is 0 Å². The number of hydrogen-bond donors (Lipinski definition) is 6. The maximum absolute atomic E-state index is 14.5. The van der Waals surface area contributed by atoms with E-state index in [-0.39, 0.29) is 17.2 Å². The molecule has 3 aliphatic rings. The average molecular weight is 383 g/mol. The van der Waals surface area contributed by atoms with Crippen LogP contribution in [0.1, 0.15) is 19.8 Å². The van der Waals surface area contributed by atoms with E-state index in [9.17, 15) is 9.50 Å². The Balaban J connectivity index is 1.95. The first-order valence-electron chi connectivity index (χ1n) is 9.36. The number of allylic oxidation sites excluding steroid dienone is 8. The number of aliphatic hydroxyl groups is 1. The zero-order chi connectivity index (χ0) is 20.3. The van der Waals surface area contributed by atoms with Crippen LogP contribution in [0.4, 0.5) is 4.39 Å². The van der Waals surface area contributed by atoms with Gasteiger partial charge >= 0.3 is 0 Å². The number of aliphatic hydroxyl groups excluding tert-OH is 1. The molecular formula is C21H26FN5O. The van der Waals surface area contributed by atoms with Crippen molar-refractivity contribution in [3.8, 4) is 0 Å². The Labute approximate surface area is 164 Å². The second-order valence-corrected chi connectivity index (χ2v) is 7.05. The number of rotatable bonds is 4. The summed E-state index contributed by atoms with van der Waals surface area (Å²) in [7, 11) is 1.73. The molecule has 0 amide bonds. The van der Waals surface area contributed by atoms with Crippen molar-refractivity contribution < 1.29 is 9.50 Å². The fourth-order valence-corrected chi connectivity index (χ4v) is 3.42. The normalized spacial score (nSPS) is 24.3. The number of piperidine rings is 1. The van der Waals surface area contributed by atoms with Crippen LogP contribution in [0.15, 0.2) is 70.1 Å². The van der Waals surface area contributed by atoms with Gasteiger partial charge in [0.15, 0.2) is 0 Å². The monoisotopic (exact) mass is 383 g/mol. The Morgan fingerprint density at radius 3 is 2.46 bits per heavy atom. The zero-order valence-corrected chi connectivity index (χ0v) is 16.1. The number of halogens is 1. The van der Waals surface area contributed by atoms with Gasteiger partial charge in [0, 0.05) is 47.8 Å². The van der Waals surface area contributed by atoms with E-state index in [1.807, 2.05) is 0 Å². The molecule has 0 radical (unpaired) electrons. The average Bonchev–Trinajstić information content (AvgIpc) is 2.70. The number of hydrogen-bond acceptors (Lipinski definition) is 6. The first-order valence-corrected chi connectivity index (χ1v) is 9.36. The van der Waals surface area contributed by atoms with Gasteiger partial charge in [0.1, 0.15) is 11.6 Å². The molecule has 1 saturated heterocycles. The minimum atomic E-state index is -0.651. The van der Waals surface area contributed by atoms with E-state index in [2.05, 4.69) is 16.0 Å². The highest BCUT2D eigenvalue weighted by atomic mass is 19.1. The molecule has 0 aromatic heterocycles. The van der Waals surface area contributed by atoms with Crippen molar-refractivity contribution in [3.05, 3.63) is 70.1 Å². The second-order valence-electron chi connectivity index (χ2n) is 7.05. The van der Waals surface area contributed by atoms with Crippen LogP contribution in [0.25, 0.3) is 0 Å². The quantitative estimate of drug-likeness (QED) is 0.449. The maximum atomic E-state index is 14.5. The highest BCUT2D eigenvalue weighted by Crippen LogP contribution is 2.33. The standard InChI is InChI=1S/C21H26FN5O/c1-12-19(23)15(10-25-2)8-17(21(12)28)13-7-14(20(24)18(22)9-13)11-27-16-3-5-26-6-4-16/h7-11,16,23-28H,3-6H2,1-2H3/b14-11-,15-10-,23-19?,24-20?. The summed E-state index contributed by atoms with van der Waals surface area (Å²) in [5.41, 5.74) is 2.39. The fourth-order valence-electron chi connectivity index (χ4n) is 3.42. The summed E-state index contributed by atoms with van der Waals surface area (Å²) in [6.45, 7) is 3.53. The first kappa shape index (κ1) is 19.8. The molecule has 0 saturated carbocycles. The molecule has 6 nitrogen and oxygen atoms in total. The maximum Gasteiger partial charge on any atom is 0.149 e. The van der Waals surface area contributed by atoms with Crippen molar-refractivity contribution in [2.45, 2.75) is 25.8 Å². The van der Waals surface area contributed by atoms with Crippen LogP contribution in [-0.2, 0) is 0 Å². The summed E-state index contributed by atoms with van der Waals surface area (Å²) >= 11 is 0. The molecule has 0 atom stereocenters. The van der Waals surface area contributed by atoms with Gasteiger partial charge in [-0.25, -0.2) is 4.39 Å². The van der Waals surface area contributed by atoms with Crippen molar-refractivity contribution in [1.29, 1.82) is 10.8 Å². The predicted molar refractivity (Wildman–Crippen MR) is 110 cm³/mol. The summed E-state index contributed by atoms with van der Waals surface area (Å²) in [5, 5.41) is 36.2. The topological polar surface area (TPSA) is 104 Å². The van der Waals surface area contributed by atoms with Gasteiger partial charge in [-0.15, -0.1) is 0 Å². The van der Waals surface area contributed by atoms with Crippen molar-refractivity contribution in [2.24, 2.45) is 0 Å². The van der Waals surface area contributed by atoms with Gasteiger partial charge in [-0.3, -0.25) is 10.8 Å². The largest absolute Gasteiger partial charge is 0.507 e. The van der Waals surface area contributed by atoms with E-state index >= 15 is 0 Å². The molecule has 1 aliphatic heterocycles. The van der Waals surface area contributed by atoms with E-state index in [0.29, 0.717) is 33.9 Å². The van der Waals surface area contributed by atoms with Crippen LogP contribution in [0.3, 0.4) is 0 Å². The summed E-state index contributed by atoms with van der Waals surface area (Å²) in [6, 6.07) is 0.294. The van der Waals surface area contributed by atoms with E-state index in [1.165, 1.54) is 6.08 Å². The summed E-state index contributed by atoms with van der Waals surface area (Å²) < 4.78 is 14.5. The lowest BCUT2D eigenvalue weighted by molar-refractivity contribution is 0.419.